The number of para-hydroxylation sites is 1. The van der Waals surface area contributed by atoms with E-state index in [0.717, 1.165) is 55.6 Å². The Morgan fingerprint density at radius 2 is 2.05 bits per heavy atom. The number of morpholine rings is 1. The highest BCUT2D eigenvalue weighted by atomic mass is 16.5. The molecule has 1 fully saturated rings. The second-order valence-electron chi connectivity index (χ2n) is 4.37. The van der Waals surface area contributed by atoms with E-state index in [9.17, 15) is 4.79 Å². The van der Waals surface area contributed by atoms with E-state index >= 15 is 0 Å². The van der Waals surface area contributed by atoms with Crippen molar-refractivity contribution in [2.75, 3.05) is 26.3 Å². The maximum atomic E-state index is 10.7. The van der Waals surface area contributed by atoms with E-state index in [-0.39, 0.29) is 0 Å². The molecule has 1 aliphatic rings. The van der Waals surface area contributed by atoms with Gasteiger partial charge in [0.25, 0.3) is 0 Å². The highest BCUT2D eigenvalue weighted by molar-refractivity contribution is 5.97. The molecular formula is C15H20N2O2. The minimum atomic E-state index is 0.775. The first kappa shape index (κ1) is 13.8. The molecule has 1 N–H and O–H groups in total. The second-order valence-corrected chi connectivity index (χ2v) is 4.37. The number of rotatable bonds is 2. The van der Waals surface area contributed by atoms with Gasteiger partial charge in [-0.25, -0.2) is 0 Å². The van der Waals surface area contributed by atoms with Crippen LogP contribution in [0, 0.1) is 0 Å². The molecule has 0 saturated carbocycles. The molecule has 1 saturated heterocycles. The van der Waals surface area contributed by atoms with Crippen LogP contribution in [0.1, 0.15) is 17.3 Å². The fourth-order valence-corrected chi connectivity index (χ4v) is 2.15. The molecule has 0 spiro atoms. The summed E-state index contributed by atoms with van der Waals surface area (Å²) in [5.74, 6) is 0. The number of aryl methyl sites for hydroxylation is 1. The Kier molecular flexibility index (Phi) is 5.12. The maximum Gasteiger partial charge on any atom is 0.152 e. The van der Waals surface area contributed by atoms with Gasteiger partial charge >= 0.3 is 0 Å². The molecule has 0 radical (unpaired) electrons. The number of ether oxygens (including phenoxy) is 1. The summed E-state index contributed by atoms with van der Waals surface area (Å²) in [5.41, 5.74) is 1.91. The Morgan fingerprint density at radius 3 is 2.58 bits per heavy atom. The Labute approximate surface area is 113 Å². The van der Waals surface area contributed by atoms with Crippen molar-refractivity contribution in [3.05, 3.63) is 36.0 Å². The average molecular weight is 260 g/mol. The Balaban J connectivity index is 0.000000186. The van der Waals surface area contributed by atoms with Crippen molar-refractivity contribution >= 4 is 17.2 Å². The predicted molar refractivity (Wildman–Crippen MR) is 76.7 cm³/mol. The van der Waals surface area contributed by atoms with Crippen LogP contribution in [0.5, 0.6) is 0 Å². The summed E-state index contributed by atoms with van der Waals surface area (Å²) in [4.78, 5) is 10.7. The third kappa shape index (κ3) is 3.43. The molecule has 2 aromatic rings. The number of hydrogen-bond donors (Lipinski definition) is 1. The second kappa shape index (κ2) is 7.07. The molecule has 1 aromatic heterocycles. The van der Waals surface area contributed by atoms with Gasteiger partial charge in [0.15, 0.2) is 6.29 Å². The SMILES string of the molecule is C1COCCN1.CCn1cc(C=O)c2ccccc21. The summed E-state index contributed by atoms with van der Waals surface area (Å²) in [6.45, 7) is 6.80. The monoisotopic (exact) mass is 260 g/mol. The van der Waals surface area contributed by atoms with Crippen molar-refractivity contribution in [2.24, 2.45) is 0 Å². The highest BCUT2D eigenvalue weighted by Gasteiger charge is 2.04. The van der Waals surface area contributed by atoms with E-state index in [0.29, 0.717) is 0 Å². The normalized spacial score (nSPS) is 14.8. The van der Waals surface area contributed by atoms with E-state index in [1.807, 2.05) is 30.5 Å². The molecule has 0 bridgehead atoms. The van der Waals surface area contributed by atoms with Gasteiger partial charge in [-0.05, 0) is 13.0 Å². The van der Waals surface area contributed by atoms with E-state index in [2.05, 4.69) is 16.8 Å². The van der Waals surface area contributed by atoms with Gasteiger partial charge in [0, 0.05) is 42.3 Å². The molecule has 102 valence electrons. The lowest BCUT2D eigenvalue weighted by molar-refractivity contribution is 0.109. The lowest BCUT2D eigenvalue weighted by Crippen LogP contribution is -2.30. The van der Waals surface area contributed by atoms with Crippen molar-refractivity contribution in [3.63, 3.8) is 0 Å². The van der Waals surface area contributed by atoms with Crippen molar-refractivity contribution in [3.8, 4) is 0 Å². The van der Waals surface area contributed by atoms with E-state index in [4.69, 9.17) is 4.74 Å². The zero-order valence-corrected chi connectivity index (χ0v) is 11.3. The van der Waals surface area contributed by atoms with Gasteiger partial charge in [0.2, 0.25) is 0 Å². The molecule has 0 aliphatic carbocycles. The summed E-state index contributed by atoms with van der Waals surface area (Å²) in [6.07, 6.45) is 2.81. The number of aromatic nitrogens is 1. The van der Waals surface area contributed by atoms with Crippen molar-refractivity contribution in [2.45, 2.75) is 13.5 Å². The first-order chi connectivity index (χ1) is 9.36. The molecule has 4 nitrogen and oxygen atoms in total. The minimum absolute atomic E-state index is 0.775. The minimum Gasteiger partial charge on any atom is -0.379 e. The lowest BCUT2D eigenvalue weighted by Gasteiger charge is -2.10. The first-order valence-electron chi connectivity index (χ1n) is 6.68. The van der Waals surface area contributed by atoms with Gasteiger partial charge < -0.3 is 14.6 Å². The molecule has 0 amide bonds. The van der Waals surface area contributed by atoms with E-state index < -0.39 is 0 Å². The van der Waals surface area contributed by atoms with Crippen LogP contribution < -0.4 is 5.32 Å². The fraction of sp³-hybridized carbons (Fsp3) is 0.400. The third-order valence-corrected chi connectivity index (χ3v) is 3.13. The quantitative estimate of drug-likeness (QED) is 0.841. The van der Waals surface area contributed by atoms with Crippen molar-refractivity contribution < 1.29 is 9.53 Å². The fourth-order valence-electron chi connectivity index (χ4n) is 2.15. The van der Waals surface area contributed by atoms with Gasteiger partial charge in [-0.1, -0.05) is 18.2 Å². The van der Waals surface area contributed by atoms with Gasteiger partial charge in [-0.3, -0.25) is 4.79 Å². The molecule has 2 heterocycles. The number of carbonyl (C=O) groups is 1. The maximum absolute atomic E-state index is 10.7. The summed E-state index contributed by atoms with van der Waals surface area (Å²) in [6, 6.07) is 7.95. The smallest absolute Gasteiger partial charge is 0.152 e. The molecule has 3 rings (SSSR count). The van der Waals surface area contributed by atoms with Crippen LogP contribution in [-0.2, 0) is 11.3 Å². The summed E-state index contributed by atoms with van der Waals surface area (Å²) in [7, 11) is 0. The molecule has 1 aromatic carbocycles. The number of nitrogens with zero attached hydrogens (tertiary/aromatic N) is 1. The molecular weight excluding hydrogens is 240 g/mol. The van der Waals surface area contributed by atoms with E-state index in [1.165, 1.54) is 0 Å². The van der Waals surface area contributed by atoms with Gasteiger partial charge in [0.05, 0.1) is 13.2 Å². The molecule has 0 atom stereocenters. The standard InChI is InChI=1S/C11H11NO.C4H9NO/c1-2-12-7-9(8-13)10-5-3-4-6-11(10)12;1-3-6-4-2-5-1/h3-8H,2H2,1H3;5H,1-4H2. The third-order valence-electron chi connectivity index (χ3n) is 3.13. The van der Waals surface area contributed by atoms with Crippen LogP contribution in [0.4, 0.5) is 0 Å². The number of carbonyl (C=O) groups excluding carboxylic acids is 1. The summed E-state index contributed by atoms with van der Waals surface area (Å²) in [5, 5.41) is 4.20. The summed E-state index contributed by atoms with van der Waals surface area (Å²) < 4.78 is 7.09. The van der Waals surface area contributed by atoms with Crippen LogP contribution in [0.15, 0.2) is 30.5 Å². The Bertz CT molecular complexity index is 518. The Morgan fingerprint density at radius 1 is 1.32 bits per heavy atom. The van der Waals surface area contributed by atoms with Gasteiger partial charge in [-0.2, -0.15) is 0 Å². The number of nitrogens with one attached hydrogen (secondary N) is 1. The zero-order valence-electron chi connectivity index (χ0n) is 11.3. The molecule has 0 unspecified atom stereocenters. The van der Waals surface area contributed by atoms with E-state index in [1.54, 1.807) is 0 Å². The molecule has 4 heteroatoms. The van der Waals surface area contributed by atoms with Gasteiger partial charge in [0.1, 0.15) is 0 Å². The summed E-state index contributed by atoms with van der Waals surface area (Å²) >= 11 is 0. The Hall–Kier alpha value is -1.65. The van der Waals surface area contributed by atoms with Crippen LogP contribution >= 0.6 is 0 Å². The lowest BCUT2D eigenvalue weighted by atomic mass is 10.2. The largest absolute Gasteiger partial charge is 0.379 e. The number of aldehydes is 1. The number of fused-ring (bicyclic) bond motifs is 1. The topological polar surface area (TPSA) is 43.3 Å². The van der Waals surface area contributed by atoms with Crippen LogP contribution in [-0.4, -0.2) is 37.2 Å². The van der Waals surface area contributed by atoms with Crippen LogP contribution in [0.2, 0.25) is 0 Å². The zero-order chi connectivity index (χ0) is 13.5. The average Bonchev–Trinajstić information content (AvgIpc) is 2.88. The van der Waals surface area contributed by atoms with Crippen LogP contribution in [0.3, 0.4) is 0 Å². The highest BCUT2D eigenvalue weighted by Crippen LogP contribution is 2.19. The molecule has 19 heavy (non-hydrogen) atoms. The number of hydrogen-bond acceptors (Lipinski definition) is 3. The predicted octanol–water partition coefficient (Wildman–Crippen LogP) is 2.08. The van der Waals surface area contributed by atoms with Gasteiger partial charge in [-0.15, -0.1) is 0 Å². The van der Waals surface area contributed by atoms with Crippen molar-refractivity contribution in [1.29, 1.82) is 0 Å². The first-order valence-corrected chi connectivity index (χ1v) is 6.68. The van der Waals surface area contributed by atoms with Crippen LogP contribution in [0.25, 0.3) is 10.9 Å². The number of benzene rings is 1. The molecule has 1 aliphatic heterocycles. The van der Waals surface area contributed by atoms with Crippen molar-refractivity contribution in [1.82, 2.24) is 9.88 Å².